The van der Waals surface area contributed by atoms with E-state index in [1.165, 1.54) is 0 Å². The molecule has 0 saturated carbocycles. The molecule has 1 rings (SSSR count). The summed E-state index contributed by atoms with van der Waals surface area (Å²) in [5.74, 6) is 0.562. The molecule has 1 heterocycles. The minimum absolute atomic E-state index is 0.0425. The second-order valence-corrected chi connectivity index (χ2v) is 8.98. The van der Waals surface area contributed by atoms with Crippen LogP contribution in [0.2, 0.25) is 0 Å². The maximum Gasteiger partial charge on any atom is 0.329 e. The summed E-state index contributed by atoms with van der Waals surface area (Å²) in [4.78, 5) is 27.3. The Balaban J connectivity index is 2.95. The molecule has 0 N–H and O–H groups in total. The molecule has 0 aliphatic carbocycles. The molecule has 26 heavy (non-hydrogen) atoms. The zero-order chi connectivity index (χ0) is 19.7. The van der Waals surface area contributed by atoms with E-state index in [4.69, 9.17) is 4.74 Å². The van der Waals surface area contributed by atoms with Crippen LogP contribution in [0.15, 0.2) is 10.2 Å². The first-order valence-corrected chi connectivity index (χ1v) is 11.2. The summed E-state index contributed by atoms with van der Waals surface area (Å²) in [6.45, 7) is 8.34. The molecule has 0 radical (unpaired) electrons. The molecule has 1 fully saturated rings. The molecule has 1 aliphatic rings. The molecule has 5 heteroatoms. The van der Waals surface area contributed by atoms with Crippen LogP contribution in [0.5, 0.6) is 0 Å². The smallest absolute Gasteiger partial charge is 0.329 e. The van der Waals surface area contributed by atoms with Crippen LogP contribution in [-0.2, 0) is 14.3 Å². The predicted octanol–water partition coefficient (Wildman–Crippen LogP) is 5.35. The highest BCUT2D eigenvalue weighted by Gasteiger charge is 2.33. The molecule has 0 aromatic rings. The van der Waals surface area contributed by atoms with E-state index < -0.39 is 6.04 Å². The predicted molar refractivity (Wildman–Crippen MR) is 115 cm³/mol. The Morgan fingerprint density at radius 1 is 1.27 bits per heavy atom. The zero-order valence-corrected chi connectivity index (χ0v) is 19.2. The van der Waals surface area contributed by atoms with E-state index in [9.17, 15) is 9.59 Å². The normalized spacial score (nSPS) is 29.1. The van der Waals surface area contributed by atoms with E-state index in [2.05, 4.69) is 49.4 Å². The van der Waals surface area contributed by atoms with Crippen LogP contribution in [-0.4, -0.2) is 36.0 Å². The first-order chi connectivity index (χ1) is 12.3. The lowest BCUT2D eigenvalue weighted by Gasteiger charge is -2.30. The van der Waals surface area contributed by atoms with Crippen LogP contribution >= 0.6 is 22.6 Å². The molecule has 0 bridgehead atoms. The van der Waals surface area contributed by atoms with Crippen LogP contribution in [0.3, 0.4) is 0 Å². The lowest BCUT2D eigenvalue weighted by Crippen LogP contribution is -2.46. The van der Waals surface area contributed by atoms with Gasteiger partial charge in [-0.1, -0.05) is 56.4 Å². The first-order valence-electron chi connectivity index (χ1n) is 9.98. The third-order valence-electron chi connectivity index (χ3n) is 5.21. The highest BCUT2D eigenvalue weighted by atomic mass is 127. The van der Waals surface area contributed by atoms with Gasteiger partial charge >= 0.3 is 5.97 Å². The molecule has 1 saturated heterocycles. The minimum atomic E-state index is -0.477. The van der Waals surface area contributed by atoms with E-state index in [1.54, 1.807) is 11.9 Å². The molecule has 0 spiro atoms. The van der Waals surface area contributed by atoms with Crippen molar-refractivity contribution in [2.45, 2.75) is 84.8 Å². The summed E-state index contributed by atoms with van der Waals surface area (Å²) in [5.41, 5.74) is 0. The number of amides is 1. The number of likely N-dealkylation sites (N-methyl/N-ethyl adjacent to an activating group) is 1. The molecule has 1 amide bonds. The second kappa shape index (κ2) is 12.0. The van der Waals surface area contributed by atoms with Crippen molar-refractivity contribution >= 4 is 34.5 Å². The third-order valence-corrected chi connectivity index (χ3v) is 5.72. The maximum absolute atomic E-state index is 12.9. The second-order valence-electron chi connectivity index (χ2n) is 8.27. The molecular formula is C21H36INO3. The number of hydrogen-bond acceptors (Lipinski definition) is 3. The lowest BCUT2D eigenvalue weighted by atomic mass is 9.91. The standard InChI is InChI=1S/C21H36INO3/c1-15(2)13-19-21(25)26-18(9-7-6-8-12-22)11-10-16(3)14-17(4)20(24)23(19)5/h8,12,15-19H,6-7,9-11,13-14H2,1-5H3/b12-8-/t16-,17+,18-,19-/m0/s1. The minimum Gasteiger partial charge on any atom is -0.461 e. The SMILES string of the molecule is CC(C)C[C@H]1C(=O)O[C@@H](CCC/C=C\I)CC[C@H](C)C[C@@H](C)C(=O)N1C. The topological polar surface area (TPSA) is 46.6 Å². The molecule has 4 nitrogen and oxygen atoms in total. The van der Waals surface area contributed by atoms with Gasteiger partial charge in [0, 0.05) is 13.0 Å². The Kier molecular flexibility index (Phi) is 10.8. The number of carbonyl (C=O) groups excluding carboxylic acids is 2. The van der Waals surface area contributed by atoms with Crippen molar-refractivity contribution in [2.75, 3.05) is 7.05 Å². The fourth-order valence-corrected chi connectivity index (χ4v) is 4.04. The molecule has 4 atom stereocenters. The van der Waals surface area contributed by atoms with Crippen molar-refractivity contribution < 1.29 is 14.3 Å². The quantitative estimate of drug-likeness (QED) is 0.295. The van der Waals surface area contributed by atoms with Gasteiger partial charge in [-0.25, -0.2) is 4.79 Å². The Morgan fingerprint density at radius 2 is 1.96 bits per heavy atom. The van der Waals surface area contributed by atoms with Gasteiger partial charge < -0.3 is 9.64 Å². The van der Waals surface area contributed by atoms with Gasteiger partial charge in [-0.15, -0.1) is 0 Å². The van der Waals surface area contributed by atoms with Crippen LogP contribution in [0.1, 0.15) is 72.6 Å². The molecule has 0 unspecified atom stereocenters. The van der Waals surface area contributed by atoms with Crippen molar-refractivity contribution in [3.8, 4) is 0 Å². The van der Waals surface area contributed by atoms with Crippen molar-refractivity contribution in [1.82, 2.24) is 4.90 Å². The molecule has 0 aromatic carbocycles. The highest BCUT2D eigenvalue weighted by Crippen LogP contribution is 2.26. The zero-order valence-electron chi connectivity index (χ0n) is 17.0. The van der Waals surface area contributed by atoms with Gasteiger partial charge in [0.05, 0.1) is 0 Å². The fourth-order valence-electron chi connectivity index (χ4n) is 3.68. The number of nitrogens with zero attached hydrogens (tertiary/aromatic N) is 1. The van der Waals surface area contributed by atoms with Crippen LogP contribution in [0, 0.1) is 17.8 Å². The third kappa shape index (κ3) is 7.97. The van der Waals surface area contributed by atoms with E-state index in [-0.39, 0.29) is 23.9 Å². The van der Waals surface area contributed by atoms with Crippen LogP contribution < -0.4 is 0 Å². The summed E-state index contributed by atoms with van der Waals surface area (Å²) in [7, 11) is 1.76. The molecular weight excluding hydrogens is 441 g/mol. The number of ether oxygens (including phenoxy) is 1. The van der Waals surface area contributed by atoms with Gasteiger partial charge in [0.2, 0.25) is 5.91 Å². The number of unbranched alkanes of at least 4 members (excludes halogenated alkanes) is 1. The average Bonchev–Trinajstić information content (AvgIpc) is 2.59. The number of cyclic esters (lactones) is 1. The Bertz CT molecular complexity index is 478. The van der Waals surface area contributed by atoms with E-state index in [0.717, 1.165) is 38.5 Å². The summed E-state index contributed by atoms with van der Waals surface area (Å²) in [6.07, 6.45) is 8.43. The summed E-state index contributed by atoms with van der Waals surface area (Å²) >= 11 is 2.23. The van der Waals surface area contributed by atoms with Crippen LogP contribution in [0.4, 0.5) is 0 Å². The van der Waals surface area contributed by atoms with Gasteiger partial charge in [-0.2, -0.15) is 0 Å². The summed E-state index contributed by atoms with van der Waals surface area (Å²) in [5, 5.41) is 0. The fraction of sp³-hybridized carbons (Fsp3) is 0.810. The van der Waals surface area contributed by atoms with E-state index >= 15 is 0 Å². The summed E-state index contributed by atoms with van der Waals surface area (Å²) in [6, 6.07) is -0.477. The number of carbonyl (C=O) groups is 2. The number of allylic oxidation sites excluding steroid dienone is 1. The average molecular weight is 477 g/mol. The van der Waals surface area contributed by atoms with Gasteiger partial charge in [0.15, 0.2) is 0 Å². The number of esters is 1. The van der Waals surface area contributed by atoms with Crippen molar-refractivity contribution in [1.29, 1.82) is 0 Å². The molecule has 150 valence electrons. The Morgan fingerprint density at radius 3 is 2.58 bits per heavy atom. The molecule has 0 aromatic heterocycles. The Hall–Kier alpha value is -0.590. The van der Waals surface area contributed by atoms with Gasteiger partial charge in [0.25, 0.3) is 0 Å². The largest absolute Gasteiger partial charge is 0.461 e. The maximum atomic E-state index is 12.9. The van der Waals surface area contributed by atoms with Gasteiger partial charge in [0.1, 0.15) is 12.1 Å². The van der Waals surface area contributed by atoms with Gasteiger partial charge in [-0.05, 0) is 60.9 Å². The first kappa shape index (κ1) is 23.4. The number of hydrogen-bond donors (Lipinski definition) is 0. The molecule has 1 aliphatic heterocycles. The summed E-state index contributed by atoms with van der Waals surface area (Å²) < 4.78 is 7.95. The van der Waals surface area contributed by atoms with Crippen LogP contribution in [0.25, 0.3) is 0 Å². The van der Waals surface area contributed by atoms with Gasteiger partial charge in [-0.3, -0.25) is 4.79 Å². The van der Waals surface area contributed by atoms with Crippen molar-refractivity contribution in [3.05, 3.63) is 10.2 Å². The van der Waals surface area contributed by atoms with Crippen molar-refractivity contribution in [2.24, 2.45) is 17.8 Å². The van der Waals surface area contributed by atoms with E-state index in [1.807, 2.05) is 11.0 Å². The highest BCUT2D eigenvalue weighted by molar-refractivity contribution is 14.1. The number of halogens is 1. The Labute approximate surface area is 173 Å². The van der Waals surface area contributed by atoms with Crippen molar-refractivity contribution in [3.63, 3.8) is 0 Å². The van der Waals surface area contributed by atoms with E-state index in [0.29, 0.717) is 18.3 Å². The lowest BCUT2D eigenvalue weighted by molar-refractivity contribution is -0.160. The number of rotatable bonds is 6. The monoisotopic (exact) mass is 477 g/mol.